The number of benzene rings is 1. The fourth-order valence-corrected chi connectivity index (χ4v) is 4.08. The van der Waals surface area contributed by atoms with Crippen LogP contribution in [-0.4, -0.2) is 89.3 Å². The van der Waals surface area contributed by atoms with Crippen LogP contribution < -0.4 is 11.1 Å². The summed E-state index contributed by atoms with van der Waals surface area (Å²) in [5.41, 5.74) is 4.96. The number of carboxylic acids is 3. The van der Waals surface area contributed by atoms with Crippen LogP contribution in [0.5, 0.6) is 0 Å². The number of rotatable bonds is 13. The van der Waals surface area contributed by atoms with E-state index >= 15 is 0 Å². The first-order valence-corrected chi connectivity index (χ1v) is 12.5. The van der Waals surface area contributed by atoms with Crippen LogP contribution in [0.2, 0.25) is 5.02 Å². The Morgan fingerprint density at radius 2 is 1.61 bits per heavy atom. The molecule has 0 spiro atoms. The molecular formula is C26H33ClN2O12. The Morgan fingerprint density at radius 3 is 2.07 bits per heavy atom. The zero-order valence-electron chi connectivity index (χ0n) is 22.6. The van der Waals surface area contributed by atoms with Gasteiger partial charge in [-0.2, -0.15) is 0 Å². The van der Waals surface area contributed by atoms with Gasteiger partial charge in [0.25, 0.3) is 0 Å². The SMILES string of the molecule is CCOC(=O)C1=C(COCCN)NC(C)=C(C(=O)OC)[C@@H]1c1ccccc1Cl.O=C(O)CC(O)(CC(=O)O)C(=O)O. The summed E-state index contributed by atoms with van der Waals surface area (Å²) in [6.07, 6.45) is -2.29. The van der Waals surface area contributed by atoms with Crippen molar-refractivity contribution in [1.29, 1.82) is 0 Å². The quantitative estimate of drug-likeness (QED) is 0.137. The molecule has 0 amide bonds. The number of hydrogen-bond donors (Lipinski definition) is 6. The molecule has 0 aromatic heterocycles. The number of aliphatic hydroxyl groups is 1. The molecule has 0 saturated carbocycles. The Bertz CT molecular complexity index is 1190. The number of hydrogen-bond acceptors (Lipinski definition) is 11. The maximum Gasteiger partial charge on any atom is 0.336 e. The predicted octanol–water partition coefficient (Wildman–Crippen LogP) is 1.02. The van der Waals surface area contributed by atoms with Crippen LogP contribution in [0, 0.1) is 0 Å². The molecule has 1 atom stereocenters. The fourth-order valence-electron chi connectivity index (χ4n) is 3.83. The number of ether oxygens (including phenoxy) is 3. The Balaban J connectivity index is 0.000000545. The highest BCUT2D eigenvalue weighted by atomic mass is 35.5. The molecule has 41 heavy (non-hydrogen) atoms. The van der Waals surface area contributed by atoms with E-state index in [1.807, 2.05) is 0 Å². The molecule has 1 aromatic rings. The van der Waals surface area contributed by atoms with Gasteiger partial charge in [-0.3, -0.25) is 9.59 Å². The molecule has 15 heteroatoms. The number of dihydropyridines is 1. The average Bonchev–Trinajstić information content (AvgIpc) is 2.88. The van der Waals surface area contributed by atoms with Crippen LogP contribution in [0.4, 0.5) is 0 Å². The maximum absolute atomic E-state index is 12.9. The van der Waals surface area contributed by atoms with Crippen LogP contribution >= 0.6 is 11.6 Å². The molecule has 2 rings (SSSR count). The average molecular weight is 601 g/mol. The summed E-state index contributed by atoms with van der Waals surface area (Å²) >= 11 is 6.42. The molecule has 1 aromatic carbocycles. The van der Waals surface area contributed by atoms with E-state index in [1.54, 1.807) is 38.1 Å². The molecule has 1 heterocycles. The van der Waals surface area contributed by atoms with Gasteiger partial charge in [0.1, 0.15) is 0 Å². The van der Waals surface area contributed by atoms with Crippen LogP contribution in [0.1, 0.15) is 38.2 Å². The lowest BCUT2D eigenvalue weighted by Crippen LogP contribution is -2.42. The number of esters is 2. The molecule has 0 saturated heterocycles. The van der Waals surface area contributed by atoms with E-state index < -0.39 is 54.2 Å². The van der Waals surface area contributed by atoms with Gasteiger partial charge in [0.2, 0.25) is 0 Å². The summed E-state index contributed by atoms with van der Waals surface area (Å²) in [6.45, 7) is 4.42. The van der Waals surface area contributed by atoms with E-state index in [0.717, 1.165) is 0 Å². The first-order valence-electron chi connectivity index (χ1n) is 12.1. The number of aliphatic carboxylic acids is 3. The lowest BCUT2D eigenvalue weighted by molar-refractivity contribution is -0.170. The van der Waals surface area contributed by atoms with Crippen LogP contribution in [-0.2, 0) is 38.2 Å². The van der Waals surface area contributed by atoms with Crippen molar-refractivity contribution in [1.82, 2.24) is 5.32 Å². The zero-order valence-corrected chi connectivity index (χ0v) is 23.4. The second kappa shape index (κ2) is 16.3. The third-order valence-corrected chi connectivity index (χ3v) is 5.90. The summed E-state index contributed by atoms with van der Waals surface area (Å²) in [5.74, 6) is -6.88. The Labute approximate surface area is 240 Å². The topological polar surface area (TPSA) is 232 Å². The molecule has 1 aliphatic heterocycles. The summed E-state index contributed by atoms with van der Waals surface area (Å²) < 4.78 is 15.8. The van der Waals surface area contributed by atoms with Gasteiger partial charge in [-0.25, -0.2) is 14.4 Å². The van der Waals surface area contributed by atoms with Crippen molar-refractivity contribution in [3.05, 3.63) is 57.4 Å². The number of allylic oxidation sites excluding steroid dienone is 1. The lowest BCUT2D eigenvalue weighted by atomic mass is 9.80. The number of carbonyl (C=O) groups excluding carboxylic acids is 2. The highest BCUT2D eigenvalue weighted by Gasteiger charge is 2.41. The molecular weight excluding hydrogens is 568 g/mol. The number of carboxylic acid groups (broad SMARTS) is 3. The third kappa shape index (κ3) is 9.86. The van der Waals surface area contributed by atoms with Gasteiger partial charge in [0, 0.05) is 17.3 Å². The van der Waals surface area contributed by atoms with Crippen LogP contribution in [0.3, 0.4) is 0 Å². The highest BCUT2D eigenvalue weighted by molar-refractivity contribution is 6.31. The molecule has 7 N–H and O–H groups in total. The monoisotopic (exact) mass is 600 g/mol. The smallest absolute Gasteiger partial charge is 0.336 e. The first-order chi connectivity index (χ1) is 19.2. The lowest BCUT2D eigenvalue weighted by Gasteiger charge is -2.31. The Kier molecular flexibility index (Phi) is 14.0. The largest absolute Gasteiger partial charge is 0.481 e. The van der Waals surface area contributed by atoms with Gasteiger partial charge >= 0.3 is 29.8 Å². The minimum absolute atomic E-state index is 0.109. The number of nitrogens with one attached hydrogen (secondary N) is 1. The van der Waals surface area contributed by atoms with Crippen LogP contribution in [0.15, 0.2) is 46.8 Å². The summed E-state index contributed by atoms with van der Waals surface area (Å²) in [7, 11) is 1.29. The van der Waals surface area contributed by atoms with E-state index in [-0.39, 0.29) is 18.8 Å². The zero-order chi connectivity index (χ0) is 31.3. The number of halogens is 1. The van der Waals surface area contributed by atoms with Gasteiger partial charge in [-0.05, 0) is 25.5 Å². The second-order valence-corrected chi connectivity index (χ2v) is 8.95. The third-order valence-electron chi connectivity index (χ3n) is 5.56. The number of carbonyl (C=O) groups is 5. The second-order valence-electron chi connectivity index (χ2n) is 8.54. The van der Waals surface area contributed by atoms with E-state index in [4.69, 9.17) is 52.0 Å². The van der Waals surface area contributed by atoms with Gasteiger partial charge in [-0.15, -0.1) is 0 Å². The minimum atomic E-state index is -2.74. The molecule has 14 nitrogen and oxygen atoms in total. The fraction of sp³-hybridized carbons (Fsp3) is 0.423. The highest BCUT2D eigenvalue weighted by Crippen LogP contribution is 2.41. The molecule has 0 unspecified atom stereocenters. The minimum Gasteiger partial charge on any atom is -0.481 e. The van der Waals surface area contributed by atoms with E-state index in [2.05, 4.69) is 5.32 Å². The van der Waals surface area contributed by atoms with Gasteiger partial charge in [0.05, 0.1) is 62.5 Å². The van der Waals surface area contributed by atoms with Crippen molar-refractivity contribution in [3.63, 3.8) is 0 Å². The summed E-state index contributed by atoms with van der Waals surface area (Å²) in [5, 5.41) is 37.3. The summed E-state index contributed by atoms with van der Waals surface area (Å²) in [4.78, 5) is 55.9. The van der Waals surface area contributed by atoms with Crippen molar-refractivity contribution < 1.29 is 58.6 Å². The predicted molar refractivity (Wildman–Crippen MR) is 143 cm³/mol. The van der Waals surface area contributed by atoms with E-state index in [1.165, 1.54) is 7.11 Å². The van der Waals surface area contributed by atoms with Gasteiger partial charge in [-0.1, -0.05) is 29.8 Å². The van der Waals surface area contributed by atoms with Gasteiger partial charge < -0.3 is 45.7 Å². The molecule has 0 fully saturated rings. The summed E-state index contributed by atoms with van der Waals surface area (Å²) in [6, 6.07) is 7.05. The van der Waals surface area contributed by atoms with Crippen molar-refractivity contribution in [2.75, 3.05) is 33.5 Å². The van der Waals surface area contributed by atoms with E-state index in [0.29, 0.717) is 40.7 Å². The molecule has 1 aliphatic rings. The van der Waals surface area contributed by atoms with Crippen molar-refractivity contribution in [3.8, 4) is 0 Å². The van der Waals surface area contributed by atoms with Crippen molar-refractivity contribution >= 4 is 41.4 Å². The van der Waals surface area contributed by atoms with Gasteiger partial charge in [0.15, 0.2) is 5.60 Å². The number of methoxy groups -OCH3 is 1. The Hall–Kier alpha value is -3.98. The molecule has 0 radical (unpaired) electrons. The van der Waals surface area contributed by atoms with E-state index in [9.17, 15) is 24.0 Å². The molecule has 0 aliphatic carbocycles. The molecule has 226 valence electrons. The van der Waals surface area contributed by atoms with Crippen molar-refractivity contribution in [2.24, 2.45) is 5.73 Å². The van der Waals surface area contributed by atoms with Crippen LogP contribution in [0.25, 0.3) is 0 Å². The molecule has 0 bridgehead atoms. The normalized spacial score (nSPS) is 14.8. The standard InChI is InChI=1S/C20H25ClN2O5.C6H8O7/c1-4-28-20(25)18-15(11-27-10-9-22)23-12(2)16(19(24)26-3)17(18)13-7-5-6-8-14(13)21;7-3(8)1-6(13,5(11)12)2-4(9)10/h5-8,17,23H,4,9-11,22H2,1-3H3;13H,1-2H2,(H,7,8)(H,9,10)(H,11,12)/t17-;/m0./s1. The number of nitrogens with two attached hydrogens (primary N) is 1. The van der Waals surface area contributed by atoms with Crippen molar-refractivity contribution in [2.45, 2.75) is 38.2 Å². The first kappa shape index (κ1) is 35.0. The maximum atomic E-state index is 12.9. The Morgan fingerprint density at radius 1 is 1.02 bits per heavy atom.